The van der Waals surface area contributed by atoms with Crippen molar-refractivity contribution in [2.24, 2.45) is 23.7 Å². The summed E-state index contributed by atoms with van der Waals surface area (Å²) in [6, 6.07) is 4.22. The average Bonchev–Trinajstić information content (AvgIpc) is 3.57. The lowest BCUT2D eigenvalue weighted by molar-refractivity contribution is -0.163. The molecule has 306 valence electrons. The summed E-state index contributed by atoms with van der Waals surface area (Å²) in [6.45, 7) is 1.35. The fourth-order valence-electron chi connectivity index (χ4n) is 10.6. The SMILES string of the molecule is O=C(NC1(C(=O)O)C2CC3CC(C2)CC1C3)c1cnc(-c2cn(C3CCC(F)(F)CC3)c3cc(C(=O)N4CCN(c5ncc(F)cn5)CC4)ccc23)nc1C(F)(F)F. The smallest absolute Gasteiger partial charge is 0.434 e. The highest BCUT2D eigenvalue weighted by atomic mass is 19.4. The minimum absolute atomic E-state index is 0.0738. The van der Waals surface area contributed by atoms with Crippen molar-refractivity contribution in [3.63, 3.8) is 0 Å². The van der Waals surface area contributed by atoms with E-state index in [9.17, 15) is 45.8 Å². The van der Waals surface area contributed by atoms with Crippen LogP contribution < -0.4 is 10.2 Å². The van der Waals surface area contributed by atoms with Gasteiger partial charge in [0.05, 0.1) is 18.0 Å². The van der Waals surface area contributed by atoms with Crippen molar-refractivity contribution in [2.45, 2.75) is 81.5 Å². The molecule has 6 aliphatic rings. The van der Waals surface area contributed by atoms with E-state index in [-0.39, 0.29) is 35.7 Å². The Kier molecular flexibility index (Phi) is 9.18. The first-order valence-corrected chi connectivity index (χ1v) is 19.6. The molecule has 1 aliphatic heterocycles. The first kappa shape index (κ1) is 38.2. The van der Waals surface area contributed by atoms with Gasteiger partial charge >= 0.3 is 12.1 Å². The molecule has 4 bridgehead atoms. The molecule has 2 amide bonds. The second-order valence-electron chi connectivity index (χ2n) is 16.6. The summed E-state index contributed by atoms with van der Waals surface area (Å²) >= 11 is 0. The molecule has 0 unspecified atom stereocenters. The molecule has 4 aromatic rings. The fourth-order valence-corrected chi connectivity index (χ4v) is 10.6. The third-order valence-electron chi connectivity index (χ3n) is 13.3. The molecule has 5 aliphatic carbocycles. The van der Waals surface area contributed by atoms with Gasteiger partial charge in [0.1, 0.15) is 5.54 Å². The number of hydrogen-bond donors (Lipinski definition) is 2. The monoisotopic (exact) mass is 810 g/mol. The summed E-state index contributed by atoms with van der Waals surface area (Å²) in [6.07, 6.45) is 1.96. The first-order valence-electron chi connectivity index (χ1n) is 19.6. The number of amides is 2. The van der Waals surface area contributed by atoms with E-state index in [1.54, 1.807) is 21.6 Å². The Hall–Kier alpha value is -5.29. The van der Waals surface area contributed by atoms with Crippen LogP contribution in [0.15, 0.2) is 43.0 Å². The number of carbonyl (C=O) groups is 3. The molecule has 0 atom stereocenters. The number of benzene rings is 1. The van der Waals surface area contributed by atoms with Crippen LogP contribution >= 0.6 is 0 Å². The molecule has 0 spiro atoms. The quantitative estimate of drug-likeness (QED) is 0.193. The summed E-state index contributed by atoms with van der Waals surface area (Å²) < 4.78 is 88.1. The maximum absolute atomic E-state index is 14.8. The van der Waals surface area contributed by atoms with Gasteiger partial charge in [-0.3, -0.25) is 9.59 Å². The van der Waals surface area contributed by atoms with E-state index >= 15 is 0 Å². The number of hydrogen-bond acceptors (Lipinski definition) is 8. The number of carbonyl (C=O) groups excluding carboxylic acids is 2. The van der Waals surface area contributed by atoms with Gasteiger partial charge in [0, 0.05) is 79.5 Å². The van der Waals surface area contributed by atoms with Gasteiger partial charge in [0.15, 0.2) is 17.3 Å². The van der Waals surface area contributed by atoms with Gasteiger partial charge in [0.25, 0.3) is 11.8 Å². The fraction of sp³-hybridized carbons (Fsp3) is 0.525. The second kappa shape index (κ2) is 13.9. The zero-order valence-electron chi connectivity index (χ0n) is 31.2. The van der Waals surface area contributed by atoms with Crippen molar-refractivity contribution in [3.8, 4) is 11.4 Å². The lowest BCUT2D eigenvalue weighted by Gasteiger charge is -2.59. The molecule has 12 nitrogen and oxygen atoms in total. The van der Waals surface area contributed by atoms with Gasteiger partial charge in [-0.2, -0.15) is 13.2 Å². The third-order valence-corrected chi connectivity index (χ3v) is 13.3. The van der Waals surface area contributed by atoms with Gasteiger partial charge < -0.3 is 24.8 Å². The van der Waals surface area contributed by atoms with Gasteiger partial charge in [-0.05, 0) is 80.8 Å². The molecular weight excluding hydrogens is 770 g/mol. The van der Waals surface area contributed by atoms with Crippen molar-refractivity contribution in [1.82, 2.24) is 34.7 Å². The van der Waals surface area contributed by atoms with E-state index in [1.165, 1.54) is 12.3 Å². The Bertz CT molecular complexity index is 2250. The summed E-state index contributed by atoms with van der Waals surface area (Å²) in [5.41, 5.74) is -3.31. The van der Waals surface area contributed by atoms with Crippen LogP contribution in [-0.2, 0) is 11.0 Å². The predicted molar refractivity (Wildman–Crippen MR) is 195 cm³/mol. The minimum atomic E-state index is -5.13. The first-order chi connectivity index (χ1) is 27.6. The number of anilines is 1. The zero-order chi connectivity index (χ0) is 40.7. The number of piperazine rings is 1. The van der Waals surface area contributed by atoms with Crippen LogP contribution in [0.25, 0.3) is 22.3 Å². The summed E-state index contributed by atoms with van der Waals surface area (Å²) in [7, 11) is 0. The molecule has 6 fully saturated rings. The number of halogens is 6. The maximum Gasteiger partial charge on any atom is 0.434 e. The number of aromatic nitrogens is 5. The zero-order valence-corrected chi connectivity index (χ0v) is 31.2. The number of rotatable bonds is 7. The molecular formula is C40H40F6N8O4. The summed E-state index contributed by atoms with van der Waals surface area (Å²) in [5, 5.41) is 13.4. The van der Waals surface area contributed by atoms with Crippen LogP contribution in [0.3, 0.4) is 0 Å². The molecule has 5 saturated carbocycles. The molecule has 18 heteroatoms. The van der Waals surface area contributed by atoms with E-state index in [4.69, 9.17) is 0 Å². The lowest BCUT2D eigenvalue weighted by Crippen LogP contribution is -2.70. The van der Waals surface area contributed by atoms with E-state index in [2.05, 4.69) is 25.3 Å². The lowest BCUT2D eigenvalue weighted by atomic mass is 9.48. The van der Waals surface area contributed by atoms with Crippen molar-refractivity contribution in [2.75, 3.05) is 31.1 Å². The van der Waals surface area contributed by atoms with Crippen molar-refractivity contribution in [3.05, 3.63) is 65.6 Å². The minimum Gasteiger partial charge on any atom is -0.479 e. The van der Waals surface area contributed by atoms with Crippen LogP contribution in [0.5, 0.6) is 0 Å². The number of nitrogens with zero attached hydrogens (tertiary/aromatic N) is 7. The van der Waals surface area contributed by atoms with Crippen LogP contribution in [0.2, 0.25) is 0 Å². The Morgan fingerprint density at radius 2 is 1.50 bits per heavy atom. The number of fused-ring (bicyclic) bond motifs is 1. The van der Waals surface area contributed by atoms with E-state index in [0.29, 0.717) is 80.5 Å². The summed E-state index contributed by atoms with van der Waals surface area (Å²) in [4.78, 5) is 60.1. The molecule has 3 aromatic heterocycles. The summed E-state index contributed by atoms with van der Waals surface area (Å²) in [5.74, 6) is -6.41. The van der Waals surface area contributed by atoms with E-state index in [1.807, 2.05) is 4.90 Å². The van der Waals surface area contributed by atoms with Gasteiger partial charge in [-0.25, -0.2) is 37.9 Å². The van der Waals surface area contributed by atoms with Crippen LogP contribution in [0.1, 0.15) is 90.2 Å². The van der Waals surface area contributed by atoms with Crippen LogP contribution in [0.4, 0.5) is 32.3 Å². The molecule has 1 saturated heterocycles. The Morgan fingerprint density at radius 1 is 0.862 bits per heavy atom. The average molecular weight is 811 g/mol. The molecule has 4 heterocycles. The molecule has 0 radical (unpaired) electrons. The standard InChI is InChI=1S/C40H40F6N8O4/c41-26-17-48-37(49-18-26)53-9-7-52(8-10-53)35(56)23-1-2-28-30(20-54(31(28)16-23)27-3-5-38(42,43)6-4-27)33-47-19-29(32(50-33)40(44,45)46)34(55)51-39(36(57)58)24-12-21-11-22(14-24)15-25(39)13-21/h1-2,16-22,24-25,27H,3-15H2,(H,51,55)(H,57,58). The molecule has 10 rings (SSSR count). The van der Waals surface area contributed by atoms with Crippen molar-refractivity contribution < 1.29 is 45.8 Å². The van der Waals surface area contributed by atoms with Crippen LogP contribution in [-0.4, -0.2) is 89.9 Å². The van der Waals surface area contributed by atoms with Gasteiger partial charge in [0.2, 0.25) is 11.9 Å². The highest BCUT2D eigenvalue weighted by molar-refractivity contribution is 6.02. The normalized spacial score (nSPS) is 26.9. The van der Waals surface area contributed by atoms with E-state index in [0.717, 1.165) is 25.0 Å². The predicted octanol–water partition coefficient (Wildman–Crippen LogP) is 6.77. The Labute approximate surface area is 328 Å². The number of nitrogens with one attached hydrogen (secondary N) is 1. The van der Waals surface area contributed by atoms with Crippen molar-refractivity contribution in [1.29, 1.82) is 0 Å². The Morgan fingerprint density at radius 3 is 2.10 bits per heavy atom. The highest BCUT2D eigenvalue weighted by Gasteiger charge is 2.62. The number of aliphatic carboxylic acids is 1. The van der Waals surface area contributed by atoms with Crippen LogP contribution in [0, 0.1) is 29.5 Å². The Balaban J connectivity index is 1.04. The molecule has 58 heavy (non-hydrogen) atoms. The van der Waals surface area contributed by atoms with E-state index < -0.39 is 77.3 Å². The van der Waals surface area contributed by atoms with Gasteiger partial charge in [-0.15, -0.1) is 0 Å². The molecule has 2 N–H and O–H groups in total. The third kappa shape index (κ3) is 6.61. The number of carboxylic acids is 1. The largest absolute Gasteiger partial charge is 0.479 e. The molecule has 1 aromatic carbocycles. The second-order valence-corrected chi connectivity index (χ2v) is 16.6. The van der Waals surface area contributed by atoms with Gasteiger partial charge in [-0.1, -0.05) is 6.07 Å². The maximum atomic E-state index is 14.8. The number of carboxylic acid groups (broad SMARTS) is 1. The highest BCUT2D eigenvalue weighted by Crippen LogP contribution is 2.58. The van der Waals surface area contributed by atoms with Crippen molar-refractivity contribution >= 4 is 34.6 Å². The number of alkyl halides is 5. The topological polar surface area (TPSA) is 146 Å².